The molecular formula is C18H36Cl2N6O. The van der Waals surface area contributed by atoms with E-state index in [1.54, 1.807) is 0 Å². The first-order chi connectivity index (χ1) is 11.8. The van der Waals surface area contributed by atoms with E-state index in [9.17, 15) is 5.11 Å². The van der Waals surface area contributed by atoms with Gasteiger partial charge in [-0.25, -0.2) is 0 Å². The Hall–Kier alpha value is -0.440. The summed E-state index contributed by atoms with van der Waals surface area (Å²) in [6.45, 7) is 9.94. The molecule has 1 unspecified atom stereocenters. The molecule has 2 saturated heterocycles. The highest BCUT2D eigenvalue weighted by atomic mass is 35.5. The van der Waals surface area contributed by atoms with Crippen molar-refractivity contribution in [2.75, 3.05) is 32.7 Å². The predicted octanol–water partition coefficient (Wildman–Crippen LogP) is 1.53. The maximum atomic E-state index is 9.65. The molecule has 0 bridgehead atoms. The first-order valence-electron chi connectivity index (χ1n) is 9.61. The summed E-state index contributed by atoms with van der Waals surface area (Å²) in [7, 11) is 2.09. The van der Waals surface area contributed by atoms with Crippen molar-refractivity contribution < 1.29 is 5.11 Å². The van der Waals surface area contributed by atoms with Crippen LogP contribution in [0.25, 0.3) is 0 Å². The van der Waals surface area contributed by atoms with Gasteiger partial charge < -0.3 is 20.3 Å². The molecule has 9 heteroatoms. The van der Waals surface area contributed by atoms with Crippen molar-refractivity contribution in [2.45, 2.75) is 63.6 Å². The summed E-state index contributed by atoms with van der Waals surface area (Å²) in [5.41, 5.74) is 6.04. The minimum atomic E-state index is -0.161. The number of aliphatic hydroxyl groups is 1. The van der Waals surface area contributed by atoms with Gasteiger partial charge in [-0.05, 0) is 46.1 Å². The Morgan fingerprint density at radius 3 is 2.37 bits per heavy atom. The van der Waals surface area contributed by atoms with Crippen molar-refractivity contribution in [3.05, 3.63) is 11.6 Å². The first-order valence-corrected chi connectivity index (χ1v) is 9.61. The second-order valence-electron chi connectivity index (χ2n) is 8.60. The Kier molecular flexibility index (Phi) is 9.45. The lowest BCUT2D eigenvalue weighted by Gasteiger charge is -2.36. The monoisotopic (exact) mass is 422 g/mol. The zero-order valence-corrected chi connectivity index (χ0v) is 18.4. The van der Waals surface area contributed by atoms with Crippen LogP contribution in [0.3, 0.4) is 0 Å². The fourth-order valence-corrected chi connectivity index (χ4v) is 4.13. The first kappa shape index (κ1) is 24.6. The second-order valence-corrected chi connectivity index (χ2v) is 8.60. The molecule has 2 aliphatic rings. The number of aliphatic hydroxyl groups excluding tert-OH is 1. The average Bonchev–Trinajstić information content (AvgIpc) is 2.89. The number of rotatable bonds is 5. The summed E-state index contributed by atoms with van der Waals surface area (Å²) in [6, 6.07) is 0. The van der Waals surface area contributed by atoms with Gasteiger partial charge in [0.1, 0.15) is 11.6 Å². The molecule has 2 fully saturated rings. The van der Waals surface area contributed by atoms with Gasteiger partial charge in [0.05, 0.1) is 12.6 Å². The van der Waals surface area contributed by atoms with Gasteiger partial charge in [0.2, 0.25) is 0 Å². The van der Waals surface area contributed by atoms with Crippen molar-refractivity contribution in [1.82, 2.24) is 24.6 Å². The van der Waals surface area contributed by atoms with Gasteiger partial charge in [0, 0.05) is 44.7 Å². The third kappa shape index (κ3) is 6.84. The maximum absolute atomic E-state index is 9.65. The van der Waals surface area contributed by atoms with Crippen LogP contribution in [0, 0.1) is 0 Å². The van der Waals surface area contributed by atoms with E-state index in [1.807, 2.05) is 0 Å². The lowest BCUT2D eigenvalue weighted by Crippen LogP contribution is -2.48. The van der Waals surface area contributed by atoms with Gasteiger partial charge >= 0.3 is 0 Å². The van der Waals surface area contributed by atoms with Crippen LogP contribution >= 0.6 is 24.8 Å². The molecule has 3 heterocycles. The van der Waals surface area contributed by atoms with Crippen LogP contribution < -0.4 is 5.73 Å². The summed E-state index contributed by atoms with van der Waals surface area (Å²) in [6.07, 6.45) is 3.94. The van der Waals surface area contributed by atoms with Crippen molar-refractivity contribution in [1.29, 1.82) is 0 Å². The van der Waals surface area contributed by atoms with E-state index in [0.29, 0.717) is 5.92 Å². The zero-order chi connectivity index (χ0) is 18.0. The van der Waals surface area contributed by atoms with Gasteiger partial charge in [-0.2, -0.15) is 0 Å². The number of nitrogens with two attached hydrogens (primary N) is 1. The fourth-order valence-electron chi connectivity index (χ4n) is 4.13. The summed E-state index contributed by atoms with van der Waals surface area (Å²) >= 11 is 0. The minimum Gasteiger partial charge on any atom is -0.393 e. The fraction of sp³-hybridized carbons (Fsp3) is 0.889. The van der Waals surface area contributed by atoms with E-state index < -0.39 is 0 Å². The Labute approximate surface area is 175 Å². The molecule has 7 nitrogen and oxygen atoms in total. The molecule has 2 aliphatic heterocycles. The lowest BCUT2D eigenvalue weighted by atomic mass is 9.95. The molecule has 0 spiro atoms. The molecule has 1 aromatic heterocycles. The van der Waals surface area contributed by atoms with Crippen molar-refractivity contribution >= 4 is 24.8 Å². The summed E-state index contributed by atoms with van der Waals surface area (Å²) in [5, 5.41) is 18.7. The SMILES string of the molecule is Cl.Cl.Cn1c(CN2CCC(O)CC2)nnc1C1CCCN(CC(C)(C)N)C1. The minimum absolute atomic E-state index is 0. The average molecular weight is 423 g/mol. The van der Waals surface area contributed by atoms with Gasteiger partial charge in [0.25, 0.3) is 0 Å². The van der Waals surface area contributed by atoms with Crippen LogP contribution in [0.1, 0.15) is 57.1 Å². The number of halogens is 2. The van der Waals surface area contributed by atoms with Crippen LogP contribution in [0.15, 0.2) is 0 Å². The quantitative estimate of drug-likeness (QED) is 0.748. The Balaban J connectivity index is 0.00000182. The van der Waals surface area contributed by atoms with E-state index in [0.717, 1.165) is 63.8 Å². The molecule has 3 N–H and O–H groups in total. The third-order valence-corrected chi connectivity index (χ3v) is 5.42. The Morgan fingerprint density at radius 1 is 1.07 bits per heavy atom. The molecule has 158 valence electrons. The second kappa shape index (κ2) is 10.4. The molecule has 1 aromatic rings. The zero-order valence-electron chi connectivity index (χ0n) is 16.8. The molecule has 1 atom stereocenters. The standard InChI is InChI=1S/C18H34N6O.2ClH/c1-18(2,19)13-24-8-4-5-14(11-24)17-21-20-16(22(17)3)12-23-9-6-15(25)7-10-23;;/h14-15,25H,4-13,19H2,1-3H3;2*1H. The highest BCUT2D eigenvalue weighted by Crippen LogP contribution is 2.26. The molecule has 0 aliphatic carbocycles. The summed E-state index contributed by atoms with van der Waals surface area (Å²) < 4.78 is 2.19. The molecule has 0 saturated carbocycles. The molecular weight excluding hydrogens is 387 g/mol. The van der Waals surface area contributed by atoms with Gasteiger partial charge in [0.15, 0.2) is 0 Å². The van der Waals surface area contributed by atoms with Gasteiger partial charge in [-0.3, -0.25) is 4.90 Å². The van der Waals surface area contributed by atoms with E-state index >= 15 is 0 Å². The normalized spacial score (nSPS) is 22.9. The van der Waals surface area contributed by atoms with Crippen LogP contribution in [0.5, 0.6) is 0 Å². The van der Waals surface area contributed by atoms with Gasteiger partial charge in [-0.15, -0.1) is 35.0 Å². The van der Waals surface area contributed by atoms with Crippen molar-refractivity contribution in [3.63, 3.8) is 0 Å². The highest BCUT2D eigenvalue weighted by molar-refractivity contribution is 5.85. The predicted molar refractivity (Wildman–Crippen MR) is 113 cm³/mol. The Morgan fingerprint density at radius 2 is 1.74 bits per heavy atom. The largest absolute Gasteiger partial charge is 0.393 e. The number of likely N-dealkylation sites (tertiary alicyclic amines) is 2. The molecule has 3 rings (SSSR count). The van der Waals surface area contributed by atoms with E-state index in [4.69, 9.17) is 5.73 Å². The van der Waals surface area contributed by atoms with Crippen LogP contribution in [0.4, 0.5) is 0 Å². The number of hydrogen-bond donors (Lipinski definition) is 2. The van der Waals surface area contributed by atoms with E-state index in [2.05, 4.69) is 45.5 Å². The molecule has 27 heavy (non-hydrogen) atoms. The number of nitrogens with zero attached hydrogens (tertiary/aromatic N) is 5. The van der Waals surface area contributed by atoms with Crippen molar-refractivity contribution in [3.8, 4) is 0 Å². The highest BCUT2D eigenvalue weighted by Gasteiger charge is 2.28. The van der Waals surface area contributed by atoms with Crippen LogP contribution in [-0.2, 0) is 13.6 Å². The van der Waals surface area contributed by atoms with E-state index in [-0.39, 0.29) is 36.5 Å². The topological polar surface area (TPSA) is 83.4 Å². The van der Waals surface area contributed by atoms with Gasteiger partial charge in [-0.1, -0.05) is 0 Å². The smallest absolute Gasteiger partial charge is 0.146 e. The van der Waals surface area contributed by atoms with Crippen molar-refractivity contribution in [2.24, 2.45) is 12.8 Å². The molecule has 0 aromatic carbocycles. The Bertz CT molecular complexity index is 569. The molecule has 0 radical (unpaired) electrons. The van der Waals surface area contributed by atoms with E-state index in [1.165, 1.54) is 12.8 Å². The number of piperidine rings is 2. The summed E-state index contributed by atoms with van der Waals surface area (Å²) in [4.78, 5) is 4.83. The lowest BCUT2D eigenvalue weighted by molar-refractivity contribution is 0.0775. The van der Waals surface area contributed by atoms with Crippen LogP contribution in [-0.4, -0.2) is 74.0 Å². The number of aromatic nitrogens is 3. The summed E-state index contributed by atoms with van der Waals surface area (Å²) in [5.74, 6) is 2.57. The number of hydrogen-bond acceptors (Lipinski definition) is 6. The maximum Gasteiger partial charge on any atom is 0.146 e. The third-order valence-electron chi connectivity index (χ3n) is 5.42. The molecule has 0 amide bonds. The van der Waals surface area contributed by atoms with Crippen LogP contribution in [0.2, 0.25) is 0 Å².